The van der Waals surface area contributed by atoms with E-state index < -0.39 is 98.3 Å². The fourth-order valence-electron chi connectivity index (χ4n) is 5.75. The molecule has 1 aliphatic heterocycles. The molecule has 0 radical (unpaired) electrons. The maximum absolute atomic E-state index is 13.6. The summed E-state index contributed by atoms with van der Waals surface area (Å²) in [7, 11) is 0. The van der Waals surface area contributed by atoms with E-state index in [9.17, 15) is 54.4 Å². The normalized spacial score (nSPS) is 24.5. The summed E-state index contributed by atoms with van der Waals surface area (Å²) in [5.41, 5.74) is -0.172. The molecule has 9 N–H and O–H groups in total. The minimum Gasteiger partial charge on any atom is -0.394 e. The lowest BCUT2D eigenvalue weighted by Gasteiger charge is -2.40. The van der Waals surface area contributed by atoms with Gasteiger partial charge in [0.1, 0.15) is 36.6 Å². The van der Waals surface area contributed by atoms with Crippen molar-refractivity contribution in [3.63, 3.8) is 0 Å². The van der Waals surface area contributed by atoms with E-state index in [2.05, 4.69) is 12.2 Å². The average molecular weight is 694 g/mol. The third-order valence-electron chi connectivity index (χ3n) is 8.84. The Morgan fingerprint density at radius 1 is 0.833 bits per heavy atom. The van der Waals surface area contributed by atoms with E-state index in [0.717, 1.165) is 37.8 Å². The molecule has 12 nitrogen and oxygen atoms in total. The minimum absolute atomic E-state index is 0.172. The van der Waals surface area contributed by atoms with Gasteiger partial charge < -0.3 is 55.6 Å². The number of nitrogens with one attached hydrogen (secondary N) is 1. The molecule has 2 unspecified atom stereocenters. The van der Waals surface area contributed by atoms with Crippen LogP contribution in [-0.2, 0) is 14.3 Å². The number of hydrogen-bond acceptors (Lipinski definition) is 11. The molecule has 0 aromatic heterocycles. The number of carbonyl (C=O) groups excluding carboxylic acids is 1. The van der Waals surface area contributed by atoms with Crippen LogP contribution in [0.25, 0.3) is 0 Å². The van der Waals surface area contributed by atoms with Crippen molar-refractivity contribution in [2.75, 3.05) is 13.2 Å². The van der Waals surface area contributed by atoms with E-state index in [0.29, 0.717) is 12.5 Å². The van der Waals surface area contributed by atoms with Crippen LogP contribution in [0.4, 0.5) is 8.78 Å². The van der Waals surface area contributed by atoms with Gasteiger partial charge in [0, 0.05) is 0 Å². The first-order valence-electron chi connectivity index (χ1n) is 17.3. The van der Waals surface area contributed by atoms with Crippen molar-refractivity contribution < 1.29 is 63.9 Å². The highest BCUT2D eigenvalue weighted by atomic mass is 19.2. The molecular formula is C34H57F2NO11. The van der Waals surface area contributed by atoms with Crippen LogP contribution in [0.2, 0.25) is 0 Å². The van der Waals surface area contributed by atoms with Crippen molar-refractivity contribution in [1.29, 1.82) is 0 Å². The van der Waals surface area contributed by atoms with Gasteiger partial charge >= 0.3 is 0 Å². The molecule has 2 rings (SSSR count). The Balaban J connectivity index is 1.93. The highest BCUT2D eigenvalue weighted by molar-refractivity contribution is 5.77. The Morgan fingerprint density at radius 2 is 1.42 bits per heavy atom. The standard InChI is InChI=1S/C34H57F2NO11/c1-2-3-4-5-6-7-8-9-10-11-12-13-14-25(39)30(43)24(20-47-34-33(46)32(45)31(44)27(19-38)48-34)37-28(41)18-26(40)29(42)21-15-16-22(35)23(36)17-21/h15-17,24-27,29-34,38-40,42-46H,2-14,18-20H2,1H3,(H,37,41)/t24-,25+,26+,27?,29+,30-,31-,32-,33?,34-/m0/s1. The van der Waals surface area contributed by atoms with Gasteiger partial charge in [0.05, 0.1) is 37.9 Å². The number of hydrogen-bond donors (Lipinski definition) is 9. The molecule has 1 fully saturated rings. The van der Waals surface area contributed by atoms with Crippen LogP contribution in [0.5, 0.6) is 0 Å². The number of unbranched alkanes of at least 4 members (excludes halogenated alkanes) is 11. The van der Waals surface area contributed by atoms with Crippen molar-refractivity contribution in [2.24, 2.45) is 0 Å². The first-order valence-corrected chi connectivity index (χ1v) is 17.3. The topological polar surface area (TPSA) is 209 Å². The van der Waals surface area contributed by atoms with Crippen molar-refractivity contribution in [3.05, 3.63) is 35.4 Å². The predicted octanol–water partition coefficient (Wildman–Crippen LogP) is 1.86. The van der Waals surface area contributed by atoms with E-state index >= 15 is 0 Å². The summed E-state index contributed by atoms with van der Waals surface area (Å²) < 4.78 is 37.7. The summed E-state index contributed by atoms with van der Waals surface area (Å²) in [5.74, 6) is -3.31. The zero-order chi connectivity index (χ0) is 35.6. The van der Waals surface area contributed by atoms with Gasteiger partial charge in [-0.15, -0.1) is 0 Å². The number of rotatable bonds is 24. The molecule has 0 spiro atoms. The van der Waals surface area contributed by atoms with Gasteiger partial charge in [-0.3, -0.25) is 4.79 Å². The van der Waals surface area contributed by atoms with Crippen LogP contribution in [0, 0.1) is 11.6 Å². The smallest absolute Gasteiger partial charge is 0.223 e. The molecular weight excluding hydrogens is 636 g/mol. The number of carbonyl (C=O) groups is 1. The van der Waals surface area contributed by atoms with Gasteiger partial charge in [0.25, 0.3) is 0 Å². The number of aliphatic hydroxyl groups is 8. The van der Waals surface area contributed by atoms with Gasteiger partial charge in [0.15, 0.2) is 17.9 Å². The first-order chi connectivity index (χ1) is 22.9. The highest BCUT2D eigenvalue weighted by Gasteiger charge is 2.44. The number of ether oxygens (including phenoxy) is 2. The molecule has 0 saturated carbocycles. The predicted molar refractivity (Wildman–Crippen MR) is 171 cm³/mol. The number of benzene rings is 1. The van der Waals surface area contributed by atoms with Crippen LogP contribution >= 0.6 is 0 Å². The molecule has 0 bridgehead atoms. The number of halogens is 2. The third-order valence-corrected chi connectivity index (χ3v) is 8.84. The molecule has 14 heteroatoms. The Labute approximate surface area is 281 Å². The van der Waals surface area contributed by atoms with E-state index in [-0.39, 0.29) is 12.0 Å². The molecule has 278 valence electrons. The maximum Gasteiger partial charge on any atom is 0.223 e. The van der Waals surface area contributed by atoms with Crippen LogP contribution in [0.1, 0.15) is 108 Å². The SMILES string of the molecule is CCCCCCCCCCCCCC[C@@H](O)[C@@H](O)[C@H](CO[C@H]1OC(CO)[C@H](O)[C@H](O)C1O)NC(=O)C[C@@H](O)[C@H](O)c1ccc(F)c(F)c1. The fraction of sp³-hybridized carbons (Fsp3) is 0.794. The second-order valence-electron chi connectivity index (χ2n) is 12.8. The molecule has 10 atom stereocenters. The lowest BCUT2D eigenvalue weighted by atomic mass is 9.98. The average Bonchev–Trinajstić information content (AvgIpc) is 3.07. The minimum atomic E-state index is -1.76. The second kappa shape index (κ2) is 22.8. The highest BCUT2D eigenvalue weighted by Crippen LogP contribution is 2.24. The van der Waals surface area contributed by atoms with Crippen LogP contribution in [0.3, 0.4) is 0 Å². The Morgan fingerprint density at radius 3 is 1.98 bits per heavy atom. The van der Waals surface area contributed by atoms with Crippen LogP contribution in [0.15, 0.2) is 18.2 Å². The molecule has 1 amide bonds. The van der Waals surface area contributed by atoms with Crippen molar-refractivity contribution in [1.82, 2.24) is 5.32 Å². The molecule has 48 heavy (non-hydrogen) atoms. The molecule has 1 saturated heterocycles. The summed E-state index contributed by atoms with van der Waals surface area (Å²) in [5, 5.41) is 84.9. The second-order valence-corrected chi connectivity index (χ2v) is 12.8. The van der Waals surface area contributed by atoms with Gasteiger partial charge in [-0.05, 0) is 24.1 Å². The van der Waals surface area contributed by atoms with Crippen molar-refractivity contribution in [2.45, 2.75) is 158 Å². The summed E-state index contributed by atoms with van der Waals surface area (Å²) in [6.45, 7) is 0.917. The fourth-order valence-corrected chi connectivity index (χ4v) is 5.75. The van der Waals surface area contributed by atoms with Crippen LogP contribution < -0.4 is 5.32 Å². The molecule has 1 aromatic carbocycles. The summed E-state index contributed by atoms with van der Waals surface area (Å²) in [6.07, 6.45) is -1.56. The van der Waals surface area contributed by atoms with Crippen molar-refractivity contribution in [3.8, 4) is 0 Å². The summed E-state index contributed by atoms with van der Waals surface area (Å²) >= 11 is 0. The lowest BCUT2D eigenvalue weighted by molar-refractivity contribution is -0.303. The number of aliphatic hydroxyl groups excluding tert-OH is 8. The molecule has 1 aliphatic rings. The third kappa shape index (κ3) is 14.2. The van der Waals surface area contributed by atoms with E-state index in [1.165, 1.54) is 44.9 Å². The van der Waals surface area contributed by atoms with E-state index in [1.807, 2.05) is 0 Å². The number of amides is 1. The molecule has 0 aliphatic carbocycles. The Hall–Kier alpha value is -1.85. The Kier molecular flexibility index (Phi) is 20.1. The van der Waals surface area contributed by atoms with E-state index in [1.54, 1.807) is 0 Å². The van der Waals surface area contributed by atoms with Gasteiger partial charge in [0.2, 0.25) is 5.91 Å². The first kappa shape index (κ1) is 42.3. The molecule has 1 heterocycles. The zero-order valence-electron chi connectivity index (χ0n) is 27.9. The lowest BCUT2D eigenvalue weighted by Crippen LogP contribution is -2.60. The summed E-state index contributed by atoms with van der Waals surface area (Å²) in [6, 6.07) is 1.16. The molecule has 1 aromatic rings. The van der Waals surface area contributed by atoms with Crippen LogP contribution in [-0.4, -0.2) is 115 Å². The largest absolute Gasteiger partial charge is 0.394 e. The van der Waals surface area contributed by atoms with Gasteiger partial charge in [-0.2, -0.15) is 0 Å². The monoisotopic (exact) mass is 693 g/mol. The summed E-state index contributed by atoms with van der Waals surface area (Å²) in [4.78, 5) is 12.9. The van der Waals surface area contributed by atoms with Gasteiger partial charge in [-0.25, -0.2) is 8.78 Å². The zero-order valence-corrected chi connectivity index (χ0v) is 27.9. The Bertz CT molecular complexity index is 1040. The quantitative estimate of drug-likeness (QED) is 0.0714. The van der Waals surface area contributed by atoms with Crippen molar-refractivity contribution >= 4 is 5.91 Å². The maximum atomic E-state index is 13.6. The van der Waals surface area contributed by atoms with Gasteiger partial charge in [-0.1, -0.05) is 90.0 Å². The van der Waals surface area contributed by atoms with E-state index in [4.69, 9.17) is 9.47 Å².